The largest absolute Gasteiger partial charge is 0.497 e. The van der Waals surface area contributed by atoms with Crippen molar-refractivity contribution in [3.8, 4) is 46.0 Å². The standard InChI is InChI=1S/C61H54O11/c1-64-40-71-58-32-50(68-37-42-18-10-5-11-19-42)31-57(70-39-44-22-14-7-15-23-44)60(58)54(63)34-53(62)51-33-52-56(35-55(51)69-38-43-20-12-6-13-21-43)72-61(59(52)46-28-48(65-2)30-49(29-46)66-3)45-24-26-47(27-25-45)67-36-41-16-8-4-9-17-41/h4-33,35,59,61H,34,36-40H2,1-3H3/t59-,61+/m1/s1. The number of benzene rings is 8. The molecule has 2 atom stereocenters. The van der Waals surface area contributed by atoms with Crippen LogP contribution in [0.2, 0.25) is 0 Å². The lowest BCUT2D eigenvalue weighted by molar-refractivity contribution is 0.0497. The summed E-state index contributed by atoms with van der Waals surface area (Å²) < 4.78 is 55.1. The predicted octanol–water partition coefficient (Wildman–Crippen LogP) is 12.7. The van der Waals surface area contributed by atoms with Crippen LogP contribution in [0.25, 0.3) is 0 Å². The molecule has 0 saturated carbocycles. The number of carbonyl (C=O) groups is 2. The van der Waals surface area contributed by atoms with Gasteiger partial charge in [0.25, 0.3) is 0 Å². The molecule has 0 aromatic heterocycles. The summed E-state index contributed by atoms with van der Waals surface area (Å²) in [6.45, 7) is 0.763. The van der Waals surface area contributed by atoms with Gasteiger partial charge in [-0.2, -0.15) is 0 Å². The molecule has 0 N–H and O–H groups in total. The minimum atomic E-state index is -0.568. The number of methoxy groups -OCH3 is 3. The number of carbonyl (C=O) groups excluding carboxylic acids is 2. The van der Waals surface area contributed by atoms with Gasteiger partial charge in [-0.1, -0.05) is 133 Å². The van der Waals surface area contributed by atoms with Crippen molar-refractivity contribution in [2.24, 2.45) is 0 Å². The average molecular weight is 963 g/mol. The second kappa shape index (κ2) is 23.4. The highest BCUT2D eigenvalue weighted by molar-refractivity contribution is 6.16. The summed E-state index contributed by atoms with van der Waals surface area (Å²) >= 11 is 0. The number of hydrogen-bond acceptors (Lipinski definition) is 11. The fraction of sp³-hybridized carbons (Fsp3) is 0.180. The molecular formula is C61H54O11. The molecular weight excluding hydrogens is 909 g/mol. The van der Waals surface area contributed by atoms with Crippen molar-refractivity contribution >= 4 is 11.6 Å². The number of Topliss-reactive ketones (excluding diaryl/α,β-unsaturated/α-hetero) is 2. The van der Waals surface area contributed by atoms with E-state index in [1.807, 2.05) is 158 Å². The Morgan fingerprint density at radius 2 is 0.931 bits per heavy atom. The van der Waals surface area contributed by atoms with Gasteiger partial charge in [0.05, 0.1) is 32.1 Å². The summed E-state index contributed by atoms with van der Waals surface area (Å²) in [5.41, 5.74) is 6.41. The Bertz CT molecular complexity index is 3050. The van der Waals surface area contributed by atoms with Crippen LogP contribution in [0.4, 0.5) is 0 Å². The molecule has 0 bridgehead atoms. The first-order chi connectivity index (χ1) is 35.3. The number of ether oxygens (including phenoxy) is 9. The first-order valence-electron chi connectivity index (χ1n) is 23.6. The summed E-state index contributed by atoms with van der Waals surface area (Å²) in [6, 6.07) is 59.2. The molecule has 0 unspecified atom stereocenters. The second-order valence-corrected chi connectivity index (χ2v) is 17.1. The van der Waals surface area contributed by atoms with Gasteiger partial charge in [-0.05, 0) is 63.7 Å². The predicted molar refractivity (Wildman–Crippen MR) is 273 cm³/mol. The van der Waals surface area contributed by atoms with Gasteiger partial charge >= 0.3 is 0 Å². The lowest BCUT2D eigenvalue weighted by Gasteiger charge is -2.22. The zero-order valence-electron chi connectivity index (χ0n) is 40.3. The maximum absolute atomic E-state index is 15.1. The first kappa shape index (κ1) is 48.5. The number of hydrogen-bond donors (Lipinski definition) is 0. The summed E-state index contributed by atoms with van der Waals surface area (Å²) in [7, 11) is 4.68. The Hall–Kier alpha value is -8.54. The van der Waals surface area contributed by atoms with E-state index in [0.717, 1.165) is 33.4 Å². The minimum Gasteiger partial charge on any atom is -0.497 e. The van der Waals surface area contributed by atoms with E-state index in [2.05, 4.69) is 0 Å². The lowest BCUT2D eigenvalue weighted by atomic mass is 9.83. The smallest absolute Gasteiger partial charge is 0.188 e. The highest BCUT2D eigenvalue weighted by Crippen LogP contribution is 2.53. The Balaban J connectivity index is 1.09. The third kappa shape index (κ3) is 11.9. The molecule has 11 nitrogen and oxygen atoms in total. The van der Waals surface area contributed by atoms with Gasteiger partial charge in [0.1, 0.15) is 84.1 Å². The van der Waals surface area contributed by atoms with E-state index in [1.165, 1.54) is 7.11 Å². The van der Waals surface area contributed by atoms with Crippen molar-refractivity contribution in [3.63, 3.8) is 0 Å². The minimum absolute atomic E-state index is 0.0669. The van der Waals surface area contributed by atoms with Crippen LogP contribution in [-0.2, 0) is 31.2 Å². The van der Waals surface area contributed by atoms with Crippen molar-refractivity contribution in [1.82, 2.24) is 0 Å². The third-order valence-corrected chi connectivity index (χ3v) is 12.2. The highest BCUT2D eigenvalue weighted by Gasteiger charge is 2.39. The summed E-state index contributed by atoms with van der Waals surface area (Å²) in [5, 5.41) is 0. The molecule has 1 aliphatic rings. The van der Waals surface area contributed by atoms with E-state index in [4.69, 9.17) is 42.6 Å². The fourth-order valence-electron chi connectivity index (χ4n) is 8.56. The summed E-state index contributed by atoms with van der Waals surface area (Å²) in [5.74, 6) is 1.84. The van der Waals surface area contributed by atoms with Gasteiger partial charge in [0.15, 0.2) is 18.4 Å². The average Bonchev–Trinajstić information content (AvgIpc) is 3.81. The van der Waals surface area contributed by atoms with E-state index in [9.17, 15) is 4.79 Å². The lowest BCUT2D eigenvalue weighted by Crippen LogP contribution is -2.15. The molecule has 1 aliphatic heterocycles. The van der Waals surface area contributed by atoms with Crippen molar-refractivity contribution in [2.75, 3.05) is 28.1 Å². The van der Waals surface area contributed by atoms with Gasteiger partial charge in [-0.25, -0.2) is 0 Å². The Morgan fingerprint density at radius 1 is 0.444 bits per heavy atom. The molecule has 72 heavy (non-hydrogen) atoms. The zero-order valence-corrected chi connectivity index (χ0v) is 40.3. The Labute approximate surface area is 419 Å². The van der Waals surface area contributed by atoms with Crippen LogP contribution in [0.1, 0.15) is 78.1 Å². The quantitative estimate of drug-likeness (QED) is 0.0346. The Morgan fingerprint density at radius 3 is 1.44 bits per heavy atom. The molecule has 0 radical (unpaired) electrons. The van der Waals surface area contributed by atoms with Crippen LogP contribution in [0.15, 0.2) is 188 Å². The normalized spacial score (nSPS) is 13.5. The Kier molecular flexibility index (Phi) is 15.7. The topological polar surface area (TPSA) is 117 Å². The van der Waals surface area contributed by atoms with Crippen LogP contribution in [0.5, 0.6) is 46.0 Å². The van der Waals surface area contributed by atoms with Crippen LogP contribution < -0.4 is 37.9 Å². The molecule has 364 valence electrons. The van der Waals surface area contributed by atoms with Gasteiger partial charge in [0, 0.05) is 36.9 Å². The number of rotatable bonds is 23. The maximum Gasteiger partial charge on any atom is 0.188 e. The maximum atomic E-state index is 15.1. The second-order valence-electron chi connectivity index (χ2n) is 17.1. The molecule has 1 heterocycles. The molecule has 0 fully saturated rings. The fourth-order valence-corrected chi connectivity index (χ4v) is 8.56. The van der Waals surface area contributed by atoms with Crippen LogP contribution in [0, 0.1) is 0 Å². The molecule has 0 spiro atoms. The van der Waals surface area contributed by atoms with E-state index in [0.29, 0.717) is 40.9 Å². The summed E-state index contributed by atoms with van der Waals surface area (Å²) in [4.78, 5) is 30.0. The van der Waals surface area contributed by atoms with Crippen molar-refractivity contribution < 1.29 is 52.2 Å². The van der Waals surface area contributed by atoms with E-state index in [-0.39, 0.29) is 55.0 Å². The number of fused-ring (bicyclic) bond motifs is 1. The van der Waals surface area contributed by atoms with Crippen molar-refractivity contribution in [2.45, 2.75) is 44.9 Å². The van der Waals surface area contributed by atoms with Crippen LogP contribution >= 0.6 is 0 Å². The van der Waals surface area contributed by atoms with E-state index >= 15 is 4.79 Å². The monoisotopic (exact) mass is 962 g/mol. The van der Waals surface area contributed by atoms with Gasteiger partial charge in [-0.3, -0.25) is 9.59 Å². The van der Waals surface area contributed by atoms with Crippen LogP contribution in [-0.4, -0.2) is 39.7 Å². The molecule has 9 rings (SSSR count). The zero-order chi connectivity index (χ0) is 49.7. The van der Waals surface area contributed by atoms with Crippen molar-refractivity contribution in [3.05, 3.63) is 238 Å². The molecule has 11 heteroatoms. The highest BCUT2D eigenvalue weighted by atomic mass is 16.7. The van der Waals surface area contributed by atoms with Crippen LogP contribution in [0.3, 0.4) is 0 Å². The molecule has 0 saturated heterocycles. The first-order valence-corrected chi connectivity index (χ1v) is 23.6. The molecule has 8 aromatic carbocycles. The SMILES string of the molecule is COCOc1cc(OCc2ccccc2)cc(OCc2ccccc2)c1C(=O)CC(=O)c1cc2c(cc1OCc1ccccc1)O[C@@H](c1ccc(OCc3ccccc3)cc1)[C@@H]2c1cc(OC)cc(OC)c1. The van der Waals surface area contributed by atoms with E-state index in [1.54, 1.807) is 44.6 Å². The summed E-state index contributed by atoms with van der Waals surface area (Å²) in [6.07, 6.45) is -1.14. The molecule has 0 aliphatic carbocycles. The van der Waals surface area contributed by atoms with Gasteiger partial charge in [-0.15, -0.1) is 0 Å². The third-order valence-electron chi connectivity index (χ3n) is 12.2. The van der Waals surface area contributed by atoms with Crippen molar-refractivity contribution in [1.29, 1.82) is 0 Å². The number of ketones is 2. The van der Waals surface area contributed by atoms with Gasteiger partial charge < -0.3 is 42.6 Å². The molecule has 0 amide bonds. The molecule has 8 aromatic rings. The van der Waals surface area contributed by atoms with Gasteiger partial charge in [0.2, 0.25) is 0 Å². The van der Waals surface area contributed by atoms with E-state index < -0.39 is 30.0 Å².